The molecular weight excluding hydrogens is 474 g/mol. The smallest absolute Gasteiger partial charge is 0.229 e. The van der Waals surface area contributed by atoms with Gasteiger partial charge in [-0.3, -0.25) is 9.74 Å². The lowest BCUT2D eigenvalue weighted by molar-refractivity contribution is 0.0982. The zero-order chi connectivity index (χ0) is 25.9. The molecule has 0 radical (unpaired) electrons. The summed E-state index contributed by atoms with van der Waals surface area (Å²) in [6, 6.07) is 20.1. The number of likely N-dealkylation sites (N-methyl/N-ethyl adjacent to an activating group) is 1. The highest BCUT2D eigenvalue weighted by atomic mass is 16.7. The lowest BCUT2D eigenvalue weighted by atomic mass is 10.0. The zero-order valence-electron chi connectivity index (χ0n) is 22.6. The van der Waals surface area contributed by atoms with Crippen molar-refractivity contribution in [3.63, 3.8) is 0 Å². The molecule has 2 aromatic carbocycles. The van der Waals surface area contributed by atoms with E-state index in [0.29, 0.717) is 12.6 Å². The average molecular weight is 514 g/mol. The van der Waals surface area contributed by atoms with Gasteiger partial charge in [-0.25, -0.2) is 10.0 Å². The van der Waals surface area contributed by atoms with E-state index in [4.69, 9.17) is 9.82 Å². The van der Waals surface area contributed by atoms with Crippen LogP contribution in [0.1, 0.15) is 36.4 Å². The molecule has 0 spiro atoms. The summed E-state index contributed by atoms with van der Waals surface area (Å²) >= 11 is 0. The van der Waals surface area contributed by atoms with Gasteiger partial charge in [-0.2, -0.15) is 4.98 Å². The van der Waals surface area contributed by atoms with Crippen molar-refractivity contribution in [2.24, 2.45) is 0 Å². The van der Waals surface area contributed by atoms with Crippen LogP contribution < -0.4 is 15.3 Å². The number of nitrogens with one attached hydrogen (secondary N) is 1. The molecule has 38 heavy (non-hydrogen) atoms. The lowest BCUT2D eigenvalue weighted by Gasteiger charge is -2.42. The summed E-state index contributed by atoms with van der Waals surface area (Å²) in [5.41, 5.74) is 4.50. The van der Waals surface area contributed by atoms with Crippen molar-refractivity contribution in [3.8, 4) is 0 Å². The van der Waals surface area contributed by atoms with Gasteiger partial charge in [-0.15, -0.1) is 0 Å². The van der Waals surface area contributed by atoms with E-state index in [9.17, 15) is 0 Å². The Morgan fingerprint density at radius 1 is 0.868 bits per heavy atom. The van der Waals surface area contributed by atoms with Gasteiger partial charge in [0.05, 0.1) is 12.6 Å². The Balaban J connectivity index is 1.08. The molecule has 1 atom stereocenters. The molecule has 3 fully saturated rings. The Labute approximate surface area is 226 Å². The number of piperazine rings is 1. The second-order valence-corrected chi connectivity index (χ2v) is 10.8. The molecule has 0 aliphatic carbocycles. The molecule has 3 saturated heterocycles. The van der Waals surface area contributed by atoms with E-state index in [-0.39, 0.29) is 6.04 Å². The van der Waals surface area contributed by atoms with E-state index in [1.165, 1.54) is 50.3 Å². The molecule has 8 nitrogen and oxygen atoms in total. The first kappa shape index (κ1) is 25.1. The number of aromatic nitrogens is 2. The first-order valence-corrected chi connectivity index (χ1v) is 14.0. The van der Waals surface area contributed by atoms with Gasteiger partial charge in [0, 0.05) is 74.9 Å². The molecule has 0 unspecified atom stereocenters. The topological polar surface area (TPSA) is 60.0 Å². The highest BCUT2D eigenvalue weighted by Crippen LogP contribution is 2.36. The largest absolute Gasteiger partial charge is 0.371 e. The average Bonchev–Trinajstić information content (AvgIpc) is 3.45. The number of anilines is 4. The molecular formula is C30H39N7O. The quantitative estimate of drug-likeness (QED) is 0.512. The predicted molar refractivity (Wildman–Crippen MR) is 153 cm³/mol. The van der Waals surface area contributed by atoms with E-state index in [1.807, 2.05) is 24.3 Å². The highest BCUT2D eigenvalue weighted by molar-refractivity contribution is 5.61. The van der Waals surface area contributed by atoms with Crippen LogP contribution in [-0.2, 0) is 4.84 Å². The van der Waals surface area contributed by atoms with E-state index < -0.39 is 0 Å². The molecule has 1 N–H and O–H groups in total. The van der Waals surface area contributed by atoms with Gasteiger partial charge in [0.25, 0.3) is 0 Å². The summed E-state index contributed by atoms with van der Waals surface area (Å²) in [6.07, 6.45) is 5.29. The number of benzene rings is 2. The molecule has 3 aliphatic heterocycles. The van der Waals surface area contributed by atoms with Crippen molar-refractivity contribution in [3.05, 3.63) is 71.9 Å². The fourth-order valence-corrected chi connectivity index (χ4v) is 5.93. The van der Waals surface area contributed by atoms with Crippen LogP contribution in [0.2, 0.25) is 0 Å². The van der Waals surface area contributed by atoms with Crippen molar-refractivity contribution >= 4 is 23.1 Å². The lowest BCUT2D eigenvalue weighted by Crippen LogP contribution is -2.52. The number of aryl methyl sites for hydroxylation is 1. The van der Waals surface area contributed by atoms with Gasteiger partial charge in [0.2, 0.25) is 5.95 Å². The summed E-state index contributed by atoms with van der Waals surface area (Å²) < 4.78 is 0. The van der Waals surface area contributed by atoms with Crippen LogP contribution in [-0.4, -0.2) is 78.7 Å². The third kappa shape index (κ3) is 5.48. The Kier molecular flexibility index (Phi) is 7.44. The van der Waals surface area contributed by atoms with Crippen LogP contribution in [0.15, 0.2) is 60.8 Å². The summed E-state index contributed by atoms with van der Waals surface area (Å²) in [4.78, 5) is 23.1. The van der Waals surface area contributed by atoms with Gasteiger partial charge in [-0.1, -0.05) is 30.3 Å². The van der Waals surface area contributed by atoms with Gasteiger partial charge < -0.3 is 15.1 Å². The number of hydroxylamine groups is 1. The van der Waals surface area contributed by atoms with Crippen molar-refractivity contribution < 1.29 is 4.84 Å². The van der Waals surface area contributed by atoms with Crippen LogP contribution >= 0.6 is 0 Å². The SMILES string of the molecule is Cc1cnc(Nc2ccc(N3CCC(N4CCN(C)CC4)CC3)cc2)nc1N1OCC[C@H]1c1ccccc1. The third-order valence-corrected chi connectivity index (χ3v) is 8.25. The molecule has 1 aromatic heterocycles. The maximum Gasteiger partial charge on any atom is 0.229 e. The number of piperidine rings is 1. The van der Waals surface area contributed by atoms with Gasteiger partial charge >= 0.3 is 0 Å². The molecule has 200 valence electrons. The molecule has 0 saturated carbocycles. The van der Waals surface area contributed by atoms with E-state index in [0.717, 1.165) is 42.6 Å². The molecule has 8 heteroatoms. The normalized spacial score (nSPS) is 21.7. The van der Waals surface area contributed by atoms with E-state index in [1.54, 1.807) is 0 Å². The van der Waals surface area contributed by atoms with Gasteiger partial charge in [0.15, 0.2) is 5.82 Å². The predicted octanol–water partition coefficient (Wildman–Crippen LogP) is 4.63. The Hall–Kier alpha value is -3.20. The summed E-state index contributed by atoms with van der Waals surface area (Å²) in [5, 5.41) is 5.35. The molecule has 6 rings (SSSR count). The Morgan fingerprint density at radius 3 is 2.34 bits per heavy atom. The summed E-state index contributed by atoms with van der Waals surface area (Å²) in [5.74, 6) is 1.39. The van der Waals surface area contributed by atoms with Crippen LogP contribution in [0.4, 0.5) is 23.1 Å². The number of hydrogen-bond acceptors (Lipinski definition) is 8. The van der Waals surface area contributed by atoms with Crippen LogP contribution in [0.5, 0.6) is 0 Å². The minimum atomic E-state index is 0.150. The highest BCUT2D eigenvalue weighted by Gasteiger charge is 2.30. The fraction of sp³-hybridized carbons (Fsp3) is 0.467. The molecule has 3 aromatic rings. The molecule has 3 aliphatic rings. The maximum absolute atomic E-state index is 6.03. The maximum atomic E-state index is 6.03. The number of rotatable bonds is 6. The minimum absolute atomic E-state index is 0.150. The fourth-order valence-electron chi connectivity index (χ4n) is 5.93. The van der Waals surface area contributed by atoms with Crippen molar-refractivity contribution in [1.82, 2.24) is 19.8 Å². The Bertz CT molecular complexity index is 1190. The van der Waals surface area contributed by atoms with Gasteiger partial charge in [-0.05, 0) is 56.6 Å². The minimum Gasteiger partial charge on any atom is -0.371 e. The summed E-state index contributed by atoms with van der Waals surface area (Å²) in [7, 11) is 2.23. The first-order valence-electron chi connectivity index (χ1n) is 14.0. The Morgan fingerprint density at radius 2 is 1.61 bits per heavy atom. The first-order chi connectivity index (χ1) is 18.6. The monoisotopic (exact) mass is 513 g/mol. The second kappa shape index (κ2) is 11.3. The van der Waals surface area contributed by atoms with E-state index >= 15 is 0 Å². The van der Waals surface area contributed by atoms with Gasteiger partial charge in [0.1, 0.15) is 0 Å². The number of hydrogen-bond donors (Lipinski definition) is 1. The standard InChI is InChI=1S/C30H39N7O/c1-23-22-31-30(33-29(23)37-28(14-21-38-37)24-6-4-3-5-7-24)32-25-8-10-26(11-9-25)35-15-12-27(13-16-35)36-19-17-34(2)18-20-36/h3-11,22,27-28H,12-21H2,1-2H3,(H,31,32,33)/t28-/m0/s1. The van der Waals surface area contributed by atoms with Crippen LogP contribution in [0, 0.1) is 6.92 Å². The zero-order valence-corrected chi connectivity index (χ0v) is 22.6. The van der Waals surface area contributed by atoms with Crippen molar-refractivity contribution in [2.45, 2.75) is 38.3 Å². The second-order valence-electron chi connectivity index (χ2n) is 10.8. The van der Waals surface area contributed by atoms with Crippen molar-refractivity contribution in [2.75, 3.05) is 68.2 Å². The third-order valence-electron chi connectivity index (χ3n) is 8.25. The molecule has 4 heterocycles. The molecule has 0 amide bonds. The molecule has 0 bridgehead atoms. The number of nitrogens with zero attached hydrogens (tertiary/aromatic N) is 6. The summed E-state index contributed by atoms with van der Waals surface area (Å²) in [6.45, 7) is 9.75. The van der Waals surface area contributed by atoms with E-state index in [2.05, 4.69) is 80.6 Å². The van der Waals surface area contributed by atoms with Crippen LogP contribution in [0.3, 0.4) is 0 Å². The van der Waals surface area contributed by atoms with Crippen molar-refractivity contribution in [1.29, 1.82) is 0 Å². The van der Waals surface area contributed by atoms with Crippen LogP contribution in [0.25, 0.3) is 0 Å².